The largest absolute Gasteiger partial charge is 0.350 e. The van der Waals surface area contributed by atoms with Crippen molar-refractivity contribution in [3.8, 4) is 11.4 Å². The summed E-state index contributed by atoms with van der Waals surface area (Å²) in [5, 5.41) is 7.16. The maximum atomic E-state index is 13.2. The number of nitrogens with zero attached hydrogens (tertiary/aromatic N) is 3. The van der Waals surface area contributed by atoms with Gasteiger partial charge in [0, 0.05) is 19.0 Å². The molecule has 0 spiro atoms. The molecule has 0 atom stereocenters. The molecule has 1 aromatic carbocycles. The van der Waals surface area contributed by atoms with Crippen molar-refractivity contribution >= 4 is 5.91 Å². The molecule has 1 N–H and O–H groups in total. The monoisotopic (exact) mass is 368 g/mol. The second-order valence-electron chi connectivity index (χ2n) is 7.80. The molecule has 6 heteroatoms. The van der Waals surface area contributed by atoms with Crippen molar-refractivity contribution < 1.29 is 9.32 Å². The van der Waals surface area contributed by atoms with Crippen LogP contribution in [0.5, 0.6) is 0 Å². The number of nitrogens with one attached hydrogen (secondary N) is 1. The summed E-state index contributed by atoms with van der Waals surface area (Å²) in [5.41, 5.74) is 1.72. The molecule has 2 aliphatic rings. The van der Waals surface area contributed by atoms with Gasteiger partial charge in [-0.05, 0) is 44.3 Å². The van der Waals surface area contributed by atoms with E-state index in [1.807, 2.05) is 24.3 Å². The van der Waals surface area contributed by atoms with E-state index in [0.29, 0.717) is 18.3 Å². The highest BCUT2D eigenvalue weighted by Gasteiger charge is 2.45. The van der Waals surface area contributed by atoms with Gasteiger partial charge in [0.25, 0.3) is 0 Å². The van der Waals surface area contributed by atoms with Gasteiger partial charge < -0.3 is 9.84 Å². The van der Waals surface area contributed by atoms with E-state index < -0.39 is 0 Å². The summed E-state index contributed by atoms with van der Waals surface area (Å²) >= 11 is 0. The van der Waals surface area contributed by atoms with E-state index >= 15 is 0 Å². The van der Waals surface area contributed by atoms with Crippen molar-refractivity contribution in [1.29, 1.82) is 0 Å². The summed E-state index contributed by atoms with van der Waals surface area (Å²) in [5.74, 6) is 1.36. The SMILES string of the molecule is Cc1nc(-c2ccc(CNC(=O)C3(N4CCCC4)CCCCC3)cc2)no1. The Labute approximate surface area is 160 Å². The molecule has 0 unspecified atom stereocenters. The van der Waals surface area contributed by atoms with Crippen molar-refractivity contribution in [2.75, 3.05) is 13.1 Å². The maximum absolute atomic E-state index is 13.2. The minimum atomic E-state index is -0.281. The summed E-state index contributed by atoms with van der Waals surface area (Å²) in [7, 11) is 0. The van der Waals surface area contributed by atoms with Crippen molar-refractivity contribution in [2.45, 2.75) is 64.0 Å². The number of likely N-dealkylation sites (tertiary alicyclic amines) is 1. The average molecular weight is 368 g/mol. The van der Waals surface area contributed by atoms with Crippen LogP contribution in [0.15, 0.2) is 28.8 Å². The quantitative estimate of drug-likeness (QED) is 0.875. The van der Waals surface area contributed by atoms with Gasteiger partial charge >= 0.3 is 0 Å². The minimum absolute atomic E-state index is 0.210. The molecular weight excluding hydrogens is 340 g/mol. The van der Waals surface area contributed by atoms with Crippen molar-refractivity contribution in [3.63, 3.8) is 0 Å². The molecule has 1 aromatic heterocycles. The minimum Gasteiger partial charge on any atom is -0.350 e. The summed E-state index contributed by atoms with van der Waals surface area (Å²) in [6.45, 7) is 4.46. The summed E-state index contributed by atoms with van der Waals surface area (Å²) < 4.78 is 5.03. The highest BCUT2D eigenvalue weighted by atomic mass is 16.5. The predicted molar refractivity (Wildman–Crippen MR) is 103 cm³/mol. The van der Waals surface area contributed by atoms with E-state index in [1.165, 1.54) is 19.3 Å². The standard InChI is InChI=1S/C21H28N4O2/c1-16-23-19(24-27-16)18-9-7-17(8-10-18)15-22-20(26)21(11-3-2-4-12-21)25-13-5-6-14-25/h7-10H,2-6,11-15H2,1H3,(H,22,26). The highest BCUT2D eigenvalue weighted by Crippen LogP contribution is 2.36. The lowest BCUT2D eigenvalue weighted by molar-refractivity contribution is -0.135. The number of carbonyl (C=O) groups excluding carboxylic acids is 1. The Morgan fingerprint density at radius 1 is 1.11 bits per heavy atom. The van der Waals surface area contributed by atoms with Crippen LogP contribution in [0.2, 0.25) is 0 Å². The molecule has 1 amide bonds. The predicted octanol–water partition coefficient (Wildman–Crippen LogP) is 3.46. The molecule has 0 radical (unpaired) electrons. The van der Waals surface area contributed by atoms with Gasteiger partial charge in [0.15, 0.2) is 0 Å². The molecule has 0 bridgehead atoms. The Kier molecular flexibility index (Phi) is 5.25. The second-order valence-corrected chi connectivity index (χ2v) is 7.80. The van der Waals surface area contributed by atoms with Gasteiger partial charge in [-0.25, -0.2) is 0 Å². The number of hydrogen-bond donors (Lipinski definition) is 1. The molecule has 4 rings (SSSR count). The van der Waals surface area contributed by atoms with Crippen LogP contribution in [-0.4, -0.2) is 39.6 Å². The van der Waals surface area contributed by atoms with Crippen LogP contribution in [0.4, 0.5) is 0 Å². The van der Waals surface area contributed by atoms with Gasteiger partial charge in [0.05, 0.1) is 0 Å². The topological polar surface area (TPSA) is 71.3 Å². The van der Waals surface area contributed by atoms with Gasteiger partial charge in [0.2, 0.25) is 17.6 Å². The van der Waals surface area contributed by atoms with Crippen LogP contribution in [-0.2, 0) is 11.3 Å². The fourth-order valence-corrected chi connectivity index (χ4v) is 4.50. The third-order valence-electron chi connectivity index (χ3n) is 6.01. The zero-order chi connectivity index (χ0) is 18.7. The van der Waals surface area contributed by atoms with Gasteiger partial charge in [-0.2, -0.15) is 4.98 Å². The first-order valence-electron chi connectivity index (χ1n) is 10.1. The van der Waals surface area contributed by atoms with Gasteiger partial charge in [-0.3, -0.25) is 9.69 Å². The first kappa shape index (κ1) is 18.2. The smallest absolute Gasteiger partial charge is 0.240 e. The summed E-state index contributed by atoms with van der Waals surface area (Å²) in [6, 6.07) is 7.99. The fraction of sp³-hybridized carbons (Fsp3) is 0.571. The van der Waals surface area contributed by atoms with Crippen LogP contribution < -0.4 is 5.32 Å². The molecule has 2 aromatic rings. The van der Waals surface area contributed by atoms with Crippen LogP contribution in [0.3, 0.4) is 0 Å². The maximum Gasteiger partial charge on any atom is 0.240 e. The van der Waals surface area contributed by atoms with Crippen molar-refractivity contribution in [2.24, 2.45) is 0 Å². The van der Waals surface area contributed by atoms with Crippen molar-refractivity contribution in [1.82, 2.24) is 20.4 Å². The fourth-order valence-electron chi connectivity index (χ4n) is 4.50. The number of carbonyl (C=O) groups is 1. The average Bonchev–Trinajstić information content (AvgIpc) is 3.39. The Balaban J connectivity index is 1.41. The van der Waals surface area contributed by atoms with E-state index in [4.69, 9.17) is 4.52 Å². The Bertz CT molecular complexity index is 772. The van der Waals surface area contributed by atoms with E-state index in [2.05, 4.69) is 20.4 Å². The van der Waals surface area contributed by atoms with E-state index in [-0.39, 0.29) is 11.4 Å². The number of benzene rings is 1. The molecule has 27 heavy (non-hydrogen) atoms. The summed E-state index contributed by atoms with van der Waals surface area (Å²) in [6.07, 6.45) is 7.98. The van der Waals surface area contributed by atoms with Crippen LogP contribution in [0.1, 0.15) is 56.4 Å². The molecule has 2 fully saturated rings. The van der Waals surface area contributed by atoms with Crippen LogP contribution in [0, 0.1) is 6.92 Å². The number of rotatable bonds is 5. The van der Waals surface area contributed by atoms with E-state index in [1.54, 1.807) is 6.92 Å². The normalized spacial score (nSPS) is 19.9. The zero-order valence-corrected chi connectivity index (χ0v) is 16.0. The second kappa shape index (κ2) is 7.80. The first-order valence-corrected chi connectivity index (χ1v) is 10.1. The molecule has 1 aliphatic heterocycles. The van der Waals surface area contributed by atoms with E-state index in [9.17, 15) is 4.79 Å². The number of amides is 1. The lowest BCUT2D eigenvalue weighted by Gasteiger charge is -2.43. The Morgan fingerprint density at radius 3 is 2.44 bits per heavy atom. The molecule has 6 nitrogen and oxygen atoms in total. The molecule has 1 saturated carbocycles. The first-order chi connectivity index (χ1) is 13.2. The molecule has 1 saturated heterocycles. The molecular formula is C21H28N4O2. The Hall–Kier alpha value is -2.21. The molecule has 1 aliphatic carbocycles. The number of hydrogen-bond acceptors (Lipinski definition) is 5. The lowest BCUT2D eigenvalue weighted by Crippen LogP contribution is -2.58. The van der Waals surface area contributed by atoms with Crippen molar-refractivity contribution in [3.05, 3.63) is 35.7 Å². The van der Waals surface area contributed by atoms with Gasteiger partial charge in [-0.1, -0.05) is 48.7 Å². The third kappa shape index (κ3) is 3.76. The highest BCUT2D eigenvalue weighted by molar-refractivity contribution is 5.86. The van der Waals surface area contributed by atoms with E-state index in [0.717, 1.165) is 49.9 Å². The molecule has 2 heterocycles. The summed E-state index contributed by atoms with van der Waals surface area (Å²) in [4.78, 5) is 19.9. The van der Waals surface area contributed by atoms with Gasteiger partial charge in [-0.15, -0.1) is 0 Å². The number of aromatic nitrogens is 2. The third-order valence-corrected chi connectivity index (χ3v) is 6.01. The van der Waals surface area contributed by atoms with Gasteiger partial charge in [0.1, 0.15) is 5.54 Å². The zero-order valence-electron chi connectivity index (χ0n) is 16.0. The lowest BCUT2D eigenvalue weighted by atomic mass is 9.79. The van der Waals surface area contributed by atoms with Crippen LogP contribution in [0.25, 0.3) is 11.4 Å². The Morgan fingerprint density at radius 2 is 1.81 bits per heavy atom. The van der Waals surface area contributed by atoms with Crippen LogP contribution >= 0.6 is 0 Å². The molecule has 144 valence electrons. The number of aryl methyl sites for hydroxylation is 1.